The standard InChI is InChI=1S/C32H40N6O6/c1-22-21-37(29(40)23-12-7-6-8-13-23)18-19-38(22)30(41)28(39)25-20-35-27-24(25)14-11-15-26(27)36-31(42)33-16-9-4-2-3-5-10-17-34-32(43)44/h6-8,11-15,20,22,34-35H,2-5,9-10,16-19,21H2,1H3,(H,43,44)(H2,33,36,42)/t22-/m1/s1. The van der Waals surface area contributed by atoms with Crippen LogP contribution < -0.4 is 16.0 Å². The molecule has 1 atom stereocenters. The monoisotopic (exact) mass is 604 g/mol. The zero-order valence-corrected chi connectivity index (χ0v) is 24.9. The molecule has 0 unspecified atom stereocenters. The Bertz CT molecular complexity index is 1470. The molecule has 44 heavy (non-hydrogen) atoms. The van der Waals surface area contributed by atoms with E-state index in [2.05, 4.69) is 20.9 Å². The number of piperazine rings is 1. The molecule has 0 spiro atoms. The Kier molecular flexibility index (Phi) is 11.3. The fourth-order valence-electron chi connectivity index (χ4n) is 5.42. The first kappa shape index (κ1) is 32.1. The third-order valence-corrected chi connectivity index (χ3v) is 7.76. The lowest BCUT2D eigenvalue weighted by atomic mass is 10.1. The summed E-state index contributed by atoms with van der Waals surface area (Å²) < 4.78 is 0. The molecule has 4 rings (SSSR count). The first-order valence-corrected chi connectivity index (χ1v) is 15.1. The van der Waals surface area contributed by atoms with Crippen molar-refractivity contribution >= 4 is 46.3 Å². The Hall–Kier alpha value is -4.87. The Morgan fingerprint density at radius 2 is 1.55 bits per heavy atom. The molecule has 2 heterocycles. The van der Waals surface area contributed by atoms with Crippen molar-refractivity contribution in [1.82, 2.24) is 25.4 Å². The number of urea groups is 1. The smallest absolute Gasteiger partial charge is 0.404 e. The Morgan fingerprint density at radius 3 is 2.23 bits per heavy atom. The van der Waals surface area contributed by atoms with E-state index in [-0.39, 0.29) is 30.1 Å². The summed E-state index contributed by atoms with van der Waals surface area (Å²) in [5.74, 6) is -1.37. The van der Waals surface area contributed by atoms with Crippen molar-refractivity contribution in [1.29, 1.82) is 0 Å². The molecule has 234 valence electrons. The molecular weight excluding hydrogens is 564 g/mol. The summed E-state index contributed by atoms with van der Waals surface area (Å²) in [6, 6.07) is 13.5. The second kappa shape index (κ2) is 15.6. The highest BCUT2D eigenvalue weighted by molar-refractivity contribution is 6.45. The number of anilines is 1. The number of benzene rings is 2. The number of carbonyl (C=O) groups is 5. The average molecular weight is 605 g/mol. The number of amides is 5. The van der Waals surface area contributed by atoms with E-state index in [9.17, 15) is 24.0 Å². The van der Waals surface area contributed by atoms with Crippen LogP contribution in [0, 0.1) is 0 Å². The SMILES string of the molecule is C[C@@H]1CN(C(=O)c2ccccc2)CCN1C(=O)C(=O)c1c[nH]c2c(NC(=O)NCCCCCCCCNC(=O)O)cccc12. The van der Waals surface area contributed by atoms with Gasteiger partial charge in [0.05, 0.1) is 16.8 Å². The summed E-state index contributed by atoms with van der Waals surface area (Å²) in [6.07, 6.45) is 6.05. The van der Waals surface area contributed by atoms with E-state index in [0.29, 0.717) is 48.3 Å². The van der Waals surface area contributed by atoms with Crippen LogP contribution in [-0.2, 0) is 4.79 Å². The molecule has 5 N–H and O–H groups in total. The van der Waals surface area contributed by atoms with Crippen LogP contribution in [0.4, 0.5) is 15.3 Å². The molecule has 0 radical (unpaired) electrons. The van der Waals surface area contributed by atoms with Gasteiger partial charge in [0.25, 0.3) is 17.6 Å². The van der Waals surface area contributed by atoms with Crippen LogP contribution in [0.3, 0.4) is 0 Å². The van der Waals surface area contributed by atoms with Crippen LogP contribution in [-0.4, -0.2) is 88.4 Å². The molecule has 1 saturated heterocycles. The number of nitrogens with one attached hydrogen (secondary N) is 4. The van der Waals surface area contributed by atoms with E-state index in [0.717, 1.165) is 38.5 Å². The van der Waals surface area contributed by atoms with Gasteiger partial charge in [0.2, 0.25) is 0 Å². The van der Waals surface area contributed by atoms with Gasteiger partial charge in [-0.25, -0.2) is 9.59 Å². The van der Waals surface area contributed by atoms with Crippen LogP contribution in [0.25, 0.3) is 10.9 Å². The summed E-state index contributed by atoms with van der Waals surface area (Å²) in [6.45, 7) is 3.72. The number of ketones is 1. The summed E-state index contributed by atoms with van der Waals surface area (Å²) in [5.41, 5.74) is 1.84. The minimum Gasteiger partial charge on any atom is -0.465 e. The molecule has 2 aromatic carbocycles. The van der Waals surface area contributed by atoms with Crippen molar-refractivity contribution < 1.29 is 29.1 Å². The van der Waals surface area contributed by atoms with Gasteiger partial charge in [-0.05, 0) is 38.0 Å². The normalized spacial score (nSPS) is 14.7. The number of carbonyl (C=O) groups excluding carboxylic acids is 4. The number of carboxylic acid groups (broad SMARTS) is 1. The maximum absolute atomic E-state index is 13.3. The van der Waals surface area contributed by atoms with Crippen molar-refractivity contribution in [2.75, 3.05) is 38.0 Å². The van der Waals surface area contributed by atoms with Crippen LogP contribution in [0.15, 0.2) is 54.7 Å². The molecule has 0 saturated carbocycles. The molecule has 1 aliphatic heterocycles. The molecule has 1 fully saturated rings. The van der Waals surface area contributed by atoms with Crippen LogP contribution >= 0.6 is 0 Å². The Balaban J connectivity index is 1.25. The molecule has 0 bridgehead atoms. The fourth-order valence-corrected chi connectivity index (χ4v) is 5.42. The van der Waals surface area contributed by atoms with E-state index in [4.69, 9.17) is 5.11 Å². The second-order valence-electron chi connectivity index (χ2n) is 11.0. The zero-order valence-electron chi connectivity index (χ0n) is 24.9. The molecule has 12 heteroatoms. The van der Waals surface area contributed by atoms with E-state index in [1.165, 1.54) is 11.1 Å². The fraction of sp³-hybridized carbons (Fsp3) is 0.406. The Morgan fingerprint density at radius 1 is 0.864 bits per heavy atom. The largest absolute Gasteiger partial charge is 0.465 e. The number of rotatable bonds is 13. The lowest BCUT2D eigenvalue weighted by Gasteiger charge is -2.39. The van der Waals surface area contributed by atoms with Crippen LogP contribution in [0.1, 0.15) is 66.2 Å². The van der Waals surface area contributed by atoms with E-state index >= 15 is 0 Å². The van der Waals surface area contributed by atoms with Crippen molar-refractivity contribution in [3.05, 3.63) is 65.9 Å². The molecule has 5 amide bonds. The number of hydrogen-bond acceptors (Lipinski definition) is 5. The lowest BCUT2D eigenvalue weighted by molar-refractivity contribution is -0.130. The Labute approximate surface area is 256 Å². The number of hydrogen-bond donors (Lipinski definition) is 5. The zero-order chi connectivity index (χ0) is 31.5. The number of Topliss-reactive ketones (excluding diaryl/α,β-unsaturated/α-hetero) is 1. The highest BCUT2D eigenvalue weighted by Gasteiger charge is 2.34. The number of nitrogens with zero attached hydrogens (tertiary/aromatic N) is 2. The third-order valence-electron chi connectivity index (χ3n) is 7.76. The summed E-state index contributed by atoms with van der Waals surface area (Å²) in [5, 5.41) is 17.1. The highest BCUT2D eigenvalue weighted by atomic mass is 16.4. The van der Waals surface area contributed by atoms with Crippen molar-refractivity contribution in [3.8, 4) is 0 Å². The van der Waals surface area contributed by atoms with Gasteiger partial charge in [-0.1, -0.05) is 56.0 Å². The maximum Gasteiger partial charge on any atom is 0.404 e. The molecule has 3 aromatic rings. The van der Waals surface area contributed by atoms with Gasteiger partial charge < -0.3 is 35.8 Å². The quantitative estimate of drug-likeness (QED) is 0.110. The van der Waals surface area contributed by atoms with Gasteiger partial charge in [-0.3, -0.25) is 14.4 Å². The van der Waals surface area contributed by atoms with Gasteiger partial charge in [0.1, 0.15) is 0 Å². The van der Waals surface area contributed by atoms with E-state index < -0.39 is 17.8 Å². The van der Waals surface area contributed by atoms with Crippen LogP contribution in [0.2, 0.25) is 0 Å². The average Bonchev–Trinajstić information content (AvgIpc) is 3.46. The molecule has 1 aliphatic rings. The first-order chi connectivity index (χ1) is 21.3. The number of fused-ring (bicyclic) bond motifs is 1. The van der Waals surface area contributed by atoms with Gasteiger partial charge in [0.15, 0.2) is 0 Å². The molecule has 1 aromatic heterocycles. The number of H-pyrrole nitrogens is 1. The minimum absolute atomic E-state index is 0.101. The van der Waals surface area contributed by atoms with Crippen molar-refractivity contribution in [2.45, 2.75) is 51.5 Å². The highest BCUT2D eigenvalue weighted by Crippen LogP contribution is 2.27. The second-order valence-corrected chi connectivity index (χ2v) is 11.0. The van der Waals surface area contributed by atoms with Gasteiger partial charge in [0, 0.05) is 55.9 Å². The van der Waals surface area contributed by atoms with Crippen molar-refractivity contribution in [3.63, 3.8) is 0 Å². The van der Waals surface area contributed by atoms with Crippen molar-refractivity contribution in [2.24, 2.45) is 0 Å². The van der Waals surface area contributed by atoms with E-state index in [1.807, 2.05) is 25.1 Å². The predicted octanol–water partition coefficient (Wildman–Crippen LogP) is 4.45. The molecular formula is C32H40N6O6. The summed E-state index contributed by atoms with van der Waals surface area (Å²) in [4.78, 5) is 68.7. The van der Waals surface area contributed by atoms with E-state index in [1.54, 1.807) is 35.2 Å². The number of aromatic nitrogens is 1. The predicted molar refractivity (Wildman–Crippen MR) is 167 cm³/mol. The van der Waals surface area contributed by atoms with Gasteiger partial charge in [-0.2, -0.15) is 0 Å². The maximum atomic E-state index is 13.3. The molecule has 12 nitrogen and oxygen atoms in total. The number of aromatic amines is 1. The lowest BCUT2D eigenvalue weighted by Crippen LogP contribution is -2.56. The summed E-state index contributed by atoms with van der Waals surface area (Å²) >= 11 is 0. The molecule has 0 aliphatic carbocycles. The number of para-hydroxylation sites is 1. The van der Waals surface area contributed by atoms with Crippen LogP contribution in [0.5, 0.6) is 0 Å². The topological polar surface area (TPSA) is 164 Å². The summed E-state index contributed by atoms with van der Waals surface area (Å²) in [7, 11) is 0. The first-order valence-electron chi connectivity index (χ1n) is 15.1. The third kappa shape index (κ3) is 8.36. The minimum atomic E-state index is -0.999. The van der Waals surface area contributed by atoms with Gasteiger partial charge in [-0.15, -0.1) is 0 Å². The number of unbranched alkanes of at least 4 members (excludes halogenated alkanes) is 5. The van der Waals surface area contributed by atoms with Gasteiger partial charge >= 0.3 is 12.1 Å².